The first-order chi connectivity index (χ1) is 7.66. The van der Waals surface area contributed by atoms with Crippen LogP contribution in [0.1, 0.15) is 34.6 Å². The van der Waals surface area contributed by atoms with Gasteiger partial charge in [0.15, 0.2) is 0 Å². The summed E-state index contributed by atoms with van der Waals surface area (Å²) in [4.78, 5) is 11.4. The van der Waals surface area contributed by atoms with Crippen LogP contribution in [-0.2, 0) is 9.47 Å². The lowest BCUT2D eigenvalue weighted by Crippen LogP contribution is -2.39. The van der Waals surface area contributed by atoms with Gasteiger partial charge in [-0.25, -0.2) is 4.79 Å². The molecule has 0 aromatic heterocycles. The van der Waals surface area contributed by atoms with Gasteiger partial charge in [0.05, 0.1) is 6.61 Å². The SMILES string of the molecule is C#CCOCC(C)(C)CNC(=O)OC(C)(C)C. The van der Waals surface area contributed by atoms with Crippen LogP contribution in [0.3, 0.4) is 0 Å². The number of terminal acetylenes is 1. The highest BCUT2D eigenvalue weighted by Gasteiger charge is 2.21. The van der Waals surface area contributed by atoms with E-state index in [2.05, 4.69) is 11.2 Å². The van der Waals surface area contributed by atoms with Crippen molar-refractivity contribution in [1.82, 2.24) is 5.32 Å². The summed E-state index contributed by atoms with van der Waals surface area (Å²) in [5.41, 5.74) is -0.651. The van der Waals surface area contributed by atoms with Gasteiger partial charge in [0, 0.05) is 12.0 Å². The highest BCUT2D eigenvalue weighted by Crippen LogP contribution is 2.14. The number of alkyl carbamates (subject to hydrolysis) is 1. The van der Waals surface area contributed by atoms with Gasteiger partial charge in [0.25, 0.3) is 0 Å². The maximum Gasteiger partial charge on any atom is 0.407 e. The van der Waals surface area contributed by atoms with E-state index in [0.717, 1.165) is 0 Å². The number of hydrogen-bond acceptors (Lipinski definition) is 3. The molecule has 0 bridgehead atoms. The highest BCUT2D eigenvalue weighted by molar-refractivity contribution is 5.67. The molecule has 1 N–H and O–H groups in total. The average molecular weight is 241 g/mol. The van der Waals surface area contributed by atoms with Gasteiger partial charge in [-0.2, -0.15) is 0 Å². The molecule has 0 unspecified atom stereocenters. The van der Waals surface area contributed by atoms with E-state index in [1.165, 1.54) is 0 Å². The van der Waals surface area contributed by atoms with E-state index in [4.69, 9.17) is 15.9 Å². The molecule has 0 atom stereocenters. The molecule has 4 nitrogen and oxygen atoms in total. The molecule has 0 spiro atoms. The molecule has 0 radical (unpaired) electrons. The number of ether oxygens (including phenoxy) is 2. The molecule has 0 aliphatic heterocycles. The van der Waals surface area contributed by atoms with Crippen LogP contribution >= 0.6 is 0 Å². The van der Waals surface area contributed by atoms with Crippen LogP contribution in [0.25, 0.3) is 0 Å². The number of nitrogens with one attached hydrogen (secondary N) is 1. The number of rotatable bonds is 5. The molecule has 0 heterocycles. The second kappa shape index (κ2) is 6.51. The van der Waals surface area contributed by atoms with E-state index in [0.29, 0.717) is 13.2 Å². The summed E-state index contributed by atoms with van der Waals surface area (Å²) in [6.45, 7) is 10.7. The summed E-state index contributed by atoms with van der Waals surface area (Å²) in [5, 5.41) is 2.71. The lowest BCUT2D eigenvalue weighted by atomic mass is 9.95. The maximum atomic E-state index is 11.4. The molecular weight excluding hydrogens is 218 g/mol. The molecular formula is C13H23NO3. The first-order valence-electron chi connectivity index (χ1n) is 5.64. The minimum Gasteiger partial charge on any atom is -0.444 e. The van der Waals surface area contributed by atoms with E-state index < -0.39 is 11.7 Å². The summed E-state index contributed by atoms with van der Waals surface area (Å²) in [7, 11) is 0. The third-order valence-electron chi connectivity index (χ3n) is 1.79. The molecule has 4 heteroatoms. The second-order valence-corrected chi connectivity index (χ2v) is 5.72. The van der Waals surface area contributed by atoms with Gasteiger partial charge in [-0.15, -0.1) is 6.42 Å². The lowest BCUT2D eigenvalue weighted by Gasteiger charge is -2.26. The van der Waals surface area contributed by atoms with Crippen LogP contribution in [-0.4, -0.2) is 31.5 Å². The van der Waals surface area contributed by atoms with E-state index >= 15 is 0 Å². The smallest absolute Gasteiger partial charge is 0.407 e. The highest BCUT2D eigenvalue weighted by atomic mass is 16.6. The molecule has 98 valence electrons. The Morgan fingerprint density at radius 2 is 1.88 bits per heavy atom. The third kappa shape index (κ3) is 9.70. The first-order valence-corrected chi connectivity index (χ1v) is 5.64. The molecule has 0 aromatic carbocycles. The van der Waals surface area contributed by atoms with Crippen LogP contribution in [0, 0.1) is 17.8 Å². The van der Waals surface area contributed by atoms with Crippen LogP contribution in [0.2, 0.25) is 0 Å². The van der Waals surface area contributed by atoms with E-state index in [-0.39, 0.29) is 12.0 Å². The molecule has 1 amide bonds. The van der Waals surface area contributed by atoms with Crippen molar-refractivity contribution in [3.05, 3.63) is 0 Å². The summed E-state index contributed by atoms with van der Waals surface area (Å²) in [6.07, 6.45) is 4.67. The maximum absolute atomic E-state index is 11.4. The van der Waals surface area contributed by atoms with Crippen molar-refractivity contribution in [3.8, 4) is 12.3 Å². The van der Waals surface area contributed by atoms with E-state index in [1.807, 2.05) is 34.6 Å². The second-order valence-electron chi connectivity index (χ2n) is 5.72. The van der Waals surface area contributed by atoms with Gasteiger partial charge in [0.1, 0.15) is 12.2 Å². The summed E-state index contributed by atoms with van der Waals surface area (Å²) >= 11 is 0. The average Bonchev–Trinajstić information content (AvgIpc) is 2.13. The zero-order valence-corrected chi connectivity index (χ0v) is 11.4. The molecule has 0 rings (SSSR count). The Morgan fingerprint density at radius 3 is 2.35 bits per heavy atom. The van der Waals surface area contributed by atoms with E-state index in [9.17, 15) is 4.79 Å². The Bertz CT molecular complexity index is 284. The van der Waals surface area contributed by atoms with Gasteiger partial charge in [-0.3, -0.25) is 0 Å². The predicted molar refractivity (Wildman–Crippen MR) is 67.7 cm³/mol. The molecule has 0 fully saturated rings. The van der Waals surface area contributed by atoms with Gasteiger partial charge in [0.2, 0.25) is 0 Å². The van der Waals surface area contributed by atoms with Gasteiger partial charge < -0.3 is 14.8 Å². The first kappa shape index (κ1) is 15.8. The number of amides is 1. The molecule has 17 heavy (non-hydrogen) atoms. The molecule has 0 saturated carbocycles. The third-order valence-corrected chi connectivity index (χ3v) is 1.79. The van der Waals surface area contributed by atoms with Crippen LogP contribution in [0.4, 0.5) is 4.79 Å². The standard InChI is InChI=1S/C13H23NO3/c1-7-8-16-10-13(5,6)9-14-11(15)17-12(2,3)4/h1H,8-10H2,2-6H3,(H,14,15). The summed E-state index contributed by atoms with van der Waals surface area (Å²) < 4.78 is 10.4. The lowest BCUT2D eigenvalue weighted by molar-refractivity contribution is 0.0447. The van der Waals surface area contributed by atoms with Gasteiger partial charge >= 0.3 is 6.09 Å². The fourth-order valence-electron chi connectivity index (χ4n) is 1.06. The number of hydrogen-bond donors (Lipinski definition) is 1. The van der Waals surface area contributed by atoms with Crippen LogP contribution < -0.4 is 5.32 Å². The monoisotopic (exact) mass is 241 g/mol. The normalized spacial score (nSPS) is 11.8. The topological polar surface area (TPSA) is 47.6 Å². The fourth-order valence-corrected chi connectivity index (χ4v) is 1.06. The Kier molecular flexibility index (Phi) is 6.04. The predicted octanol–water partition coefficient (Wildman–Crippen LogP) is 2.19. The fraction of sp³-hybridized carbons (Fsp3) is 0.769. The summed E-state index contributed by atoms with van der Waals surface area (Å²) in [5.74, 6) is 2.40. The number of carbonyl (C=O) groups is 1. The van der Waals surface area contributed by atoms with Crippen LogP contribution in [0.5, 0.6) is 0 Å². The minimum absolute atomic E-state index is 0.173. The molecule has 0 aromatic rings. The van der Waals surface area contributed by atoms with Crippen molar-refractivity contribution in [2.24, 2.45) is 5.41 Å². The quantitative estimate of drug-likeness (QED) is 0.593. The minimum atomic E-state index is -0.478. The van der Waals surface area contributed by atoms with Crippen molar-refractivity contribution in [2.45, 2.75) is 40.2 Å². The Morgan fingerprint density at radius 1 is 1.29 bits per heavy atom. The van der Waals surface area contributed by atoms with Crippen LogP contribution in [0.15, 0.2) is 0 Å². The van der Waals surface area contributed by atoms with Crippen molar-refractivity contribution >= 4 is 6.09 Å². The molecule has 0 aliphatic rings. The Labute approximate surface area is 104 Å². The number of carbonyl (C=O) groups excluding carboxylic acids is 1. The molecule has 0 aliphatic carbocycles. The van der Waals surface area contributed by atoms with Crippen molar-refractivity contribution < 1.29 is 14.3 Å². The van der Waals surface area contributed by atoms with Gasteiger partial charge in [-0.05, 0) is 20.8 Å². The largest absolute Gasteiger partial charge is 0.444 e. The Hall–Kier alpha value is -1.21. The zero-order valence-electron chi connectivity index (χ0n) is 11.4. The van der Waals surface area contributed by atoms with Crippen molar-refractivity contribution in [2.75, 3.05) is 19.8 Å². The zero-order chi connectivity index (χ0) is 13.5. The van der Waals surface area contributed by atoms with Crippen molar-refractivity contribution in [1.29, 1.82) is 0 Å². The van der Waals surface area contributed by atoms with Crippen molar-refractivity contribution in [3.63, 3.8) is 0 Å². The summed E-state index contributed by atoms with van der Waals surface area (Å²) in [6, 6.07) is 0. The van der Waals surface area contributed by atoms with Gasteiger partial charge in [-0.1, -0.05) is 19.8 Å². The molecule has 0 saturated heterocycles. The van der Waals surface area contributed by atoms with E-state index in [1.54, 1.807) is 0 Å². The Balaban J connectivity index is 3.93.